The van der Waals surface area contributed by atoms with Gasteiger partial charge in [0.1, 0.15) is 6.61 Å². The van der Waals surface area contributed by atoms with Crippen molar-refractivity contribution in [2.45, 2.75) is 23.6 Å². The molecule has 2 saturated heterocycles. The number of rotatable bonds is 9. The SMILES string of the molecule is C[C@@H](CNc1ncc(SC(F)F)cn1)CNc1nc2ccc(C(=O)N3CCN4C(=O)OCC4C3)cc2s1. The number of hydrogen-bond acceptors (Lipinski definition) is 10. The average Bonchev–Trinajstić information content (AvgIpc) is 3.48. The van der Waals surface area contributed by atoms with Crippen molar-refractivity contribution in [3.63, 3.8) is 0 Å². The molecular formula is C23H25F2N7O3S2. The number of amides is 2. The number of piperazine rings is 1. The molecule has 2 atom stereocenters. The summed E-state index contributed by atoms with van der Waals surface area (Å²) in [5, 5.41) is 7.20. The first kappa shape index (κ1) is 25.4. The van der Waals surface area contributed by atoms with Gasteiger partial charge < -0.3 is 20.3 Å². The number of nitrogens with one attached hydrogen (secondary N) is 2. The molecule has 5 rings (SSSR count). The van der Waals surface area contributed by atoms with Crippen molar-refractivity contribution in [3.05, 3.63) is 36.2 Å². The number of cyclic esters (lactones) is 1. The molecule has 1 unspecified atom stereocenters. The van der Waals surface area contributed by atoms with Crippen molar-refractivity contribution in [2.75, 3.05) is 50.0 Å². The van der Waals surface area contributed by atoms with Gasteiger partial charge in [-0.1, -0.05) is 30.0 Å². The standard InChI is InChI=1S/C23H25F2N7O3S2/c1-13(7-26-21-27-9-16(10-28-21)36-20(24)25)8-29-22-30-17-3-2-14(6-18(17)37-22)19(33)31-4-5-32-15(11-31)12-35-23(32)34/h2-3,6,9-10,13,15,20H,4-5,7-8,11-12H2,1H3,(H,29,30)(H,26,27,28)/t13-,15?/m0/s1. The van der Waals surface area contributed by atoms with Crippen molar-refractivity contribution in [2.24, 2.45) is 5.92 Å². The highest BCUT2D eigenvalue weighted by molar-refractivity contribution is 7.99. The zero-order chi connectivity index (χ0) is 25.9. The van der Waals surface area contributed by atoms with Crippen LogP contribution in [0.3, 0.4) is 0 Å². The van der Waals surface area contributed by atoms with Crippen LogP contribution in [0.1, 0.15) is 17.3 Å². The number of carbonyl (C=O) groups is 2. The molecule has 3 aromatic rings. The molecule has 196 valence electrons. The molecular weight excluding hydrogens is 524 g/mol. The number of benzene rings is 1. The number of alkyl halides is 2. The summed E-state index contributed by atoms with van der Waals surface area (Å²) in [5.41, 5.74) is 1.40. The van der Waals surface area contributed by atoms with E-state index in [2.05, 4.69) is 25.6 Å². The fourth-order valence-corrected chi connectivity index (χ4v) is 5.50. The molecule has 0 aliphatic carbocycles. The van der Waals surface area contributed by atoms with Crippen molar-refractivity contribution in [1.82, 2.24) is 24.8 Å². The zero-order valence-corrected chi connectivity index (χ0v) is 21.5. The Kier molecular flexibility index (Phi) is 7.55. The lowest BCUT2D eigenvalue weighted by molar-refractivity contribution is 0.0617. The fraction of sp³-hybridized carbons (Fsp3) is 0.435. The first-order chi connectivity index (χ1) is 17.9. The fourth-order valence-electron chi connectivity index (χ4n) is 4.16. The van der Waals surface area contributed by atoms with Crippen LogP contribution >= 0.6 is 23.1 Å². The van der Waals surface area contributed by atoms with Gasteiger partial charge >= 0.3 is 6.09 Å². The molecule has 0 saturated carbocycles. The maximum absolute atomic E-state index is 13.1. The molecule has 4 heterocycles. The van der Waals surface area contributed by atoms with Crippen LogP contribution in [-0.2, 0) is 4.74 Å². The maximum Gasteiger partial charge on any atom is 0.410 e. The minimum Gasteiger partial charge on any atom is -0.447 e. The number of thiazole rings is 1. The van der Waals surface area contributed by atoms with Crippen molar-refractivity contribution in [1.29, 1.82) is 0 Å². The van der Waals surface area contributed by atoms with E-state index in [-0.39, 0.29) is 24.0 Å². The van der Waals surface area contributed by atoms with Gasteiger partial charge in [0.15, 0.2) is 5.13 Å². The van der Waals surface area contributed by atoms with Crippen LogP contribution in [0, 0.1) is 5.92 Å². The number of fused-ring (bicyclic) bond motifs is 2. The summed E-state index contributed by atoms with van der Waals surface area (Å²) >= 11 is 1.89. The van der Waals surface area contributed by atoms with E-state index < -0.39 is 5.76 Å². The first-order valence-corrected chi connectivity index (χ1v) is 13.4. The molecule has 0 spiro atoms. The molecule has 2 N–H and O–H groups in total. The highest BCUT2D eigenvalue weighted by Crippen LogP contribution is 2.28. The lowest BCUT2D eigenvalue weighted by atomic mass is 10.1. The van der Waals surface area contributed by atoms with Gasteiger partial charge in [-0.3, -0.25) is 9.69 Å². The van der Waals surface area contributed by atoms with Crippen LogP contribution in [-0.4, -0.2) is 87.9 Å². The van der Waals surface area contributed by atoms with Gasteiger partial charge in [-0.25, -0.2) is 19.7 Å². The van der Waals surface area contributed by atoms with Crippen LogP contribution in [0.2, 0.25) is 0 Å². The van der Waals surface area contributed by atoms with E-state index >= 15 is 0 Å². The van der Waals surface area contributed by atoms with Gasteiger partial charge in [-0.05, 0) is 24.1 Å². The summed E-state index contributed by atoms with van der Waals surface area (Å²) in [4.78, 5) is 41.3. The predicted molar refractivity (Wildman–Crippen MR) is 137 cm³/mol. The van der Waals surface area contributed by atoms with Gasteiger partial charge in [0, 0.05) is 55.6 Å². The van der Waals surface area contributed by atoms with E-state index in [1.165, 1.54) is 23.7 Å². The molecule has 2 aliphatic heterocycles. The summed E-state index contributed by atoms with van der Waals surface area (Å²) in [5.74, 6) is -1.98. The Bertz CT molecular complexity index is 1280. The maximum atomic E-state index is 13.1. The molecule has 2 fully saturated rings. The van der Waals surface area contributed by atoms with Crippen molar-refractivity contribution < 1.29 is 23.1 Å². The third-order valence-corrected chi connectivity index (χ3v) is 7.74. The van der Waals surface area contributed by atoms with Gasteiger partial charge in [0.2, 0.25) is 5.95 Å². The smallest absolute Gasteiger partial charge is 0.410 e. The normalized spacial score (nSPS) is 18.2. The van der Waals surface area contributed by atoms with Crippen LogP contribution in [0.25, 0.3) is 10.2 Å². The van der Waals surface area contributed by atoms with Gasteiger partial charge in [-0.15, -0.1) is 0 Å². The van der Waals surface area contributed by atoms with E-state index in [9.17, 15) is 18.4 Å². The number of hydrogen-bond donors (Lipinski definition) is 2. The van der Waals surface area contributed by atoms with E-state index in [0.29, 0.717) is 67.5 Å². The Labute approximate surface area is 219 Å². The summed E-state index contributed by atoms with van der Waals surface area (Å²) in [6, 6.07) is 5.41. The third-order valence-electron chi connectivity index (χ3n) is 6.10. The number of carbonyl (C=O) groups excluding carboxylic acids is 2. The van der Waals surface area contributed by atoms with Crippen molar-refractivity contribution >= 4 is 56.4 Å². The summed E-state index contributed by atoms with van der Waals surface area (Å²) in [7, 11) is 0. The lowest BCUT2D eigenvalue weighted by Gasteiger charge is -2.35. The Hall–Kier alpha value is -3.26. The highest BCUT2D eigenvalue weighted by Gasteiger charge is 2.38. The number of anilines is 2. The predicted octanol–water partition coefficient (Wildman–Crippen LogP) is 3.84. The van der Waals surface area contributed by atoms with E-state index in [1.807, 2.05) is 19.1 Å². The highest BCUT2D eigenvalue weighted by atomic mass is 32.2. The molecule has 1 aromatic carbocycles. The monoisotopic (exact) mass is 549 g/mol. The van der Waals surface area contributed by atoms with E-state index in [4.69, 9.17) is 4.74 Å². The number of halogens is 2. The molecule has 14 heteroatoms. The Morgan fingerprint density at radius 1 is 1.24 bits per heavy atom. The molecule has 0 bridgehead atoms. The van der Waals surface area contributed by atoms with Gasteiger partial charge in [-0.2, -0.15) is 8.78 Å². The average molecular weight is 550 g/mol. The van der Waals surface area contributed by atoms with Crippen LogP contribution in [0.4, 0.5) is 24.7 Å². The zero-order valence-electron chi connectivity index (χ0n) is 19.9. The van der Waals surface area contributed by atoms with E-state index in [1.54, 1.807) is 15.9 Å². The molecule has 37 heavy (non-hydrogen) atoms. The minimum absolute atomic E-state index is 0.0634. The second-order valence-electron chi connectivity index (χ2n) is 8.86. The quantitative estimate of drug-likeness (QED) is 0.385. The summed E-state index contributed by atoms with van der Waals surface area (Å²) < 4.78 is 30.8. The first-order valence-electron chi connectivity index (χ1n) is 11.7. The summed E-state index contributed by atoms with van der Waals surface area (Å²) in [6.07, 6.45) is 2.44. The van der Waals surface area contributed by atoms with Crippen LogP contribution in [0.5, 0.6) is 0 Å². The lowest BCUT2D eigenvalue weighted by Crippen LogP contribution is -2.53. The number of ether oxygens (including phenoxy) is 1. The third kappa shape index (κ3) is 6.01. The topological polar surface area (TPSA) is 113 Å². The van der Waals surface area contributed by atoms with Crippen LogP contribution in [0.15, 0.2) is 35.5 Å². The molecule has 2 amide bonds. The van der Waals surface area contributed by atoms with E-state index in [0.717, 1.165) is 15.3 Å². The number of nitrogens with zero attached hydrogens (tertiary/aromatic N) is 5. The Morgan fingerprint density at radius 2 is 2.03 bits per heavy atom. The molecule has 2 aromatic heterocycles. The molecule has 0 radical (unpaired) electrons. The molecule has 10 nitrogen and oxygen atoms in total. The van der Waals surface area contributed by atoms with Crippen LogP contribution < -0.4 is 10.6 Å². The largest absolute Gasteiger partial charge is 0.447 e. The van der Waals surface area contributed by atoms with Gasteiger partial charge in [0.05, 0.1) is 16.3 Å². The second-order valence-corrected chi connectivity index (χ2v) is 11.0. The number of aromatic nitrogens is 3. The molecule has 2 aliphatic rings. The Morgan fingerprint density at radius 3 is 2.81 bits per heavy atom. The second kappa shape index (κ2) is 11.0. The summed E-state index contributed by atoms with van der Waals surface area (Å²) in [6.45, 7) is 5.02. The van der Waals surface area contributed by atoms with Crippen molar-refractivity contribution in [3.8, 4) is 0 Å². The van der Waals surface area contributed by atoms with Gasteiger partial charge in [0.25, 0.3) is 11.7 Å². The number of thioether (sulfide) groups is 1. The minimum atomic E-state index is -2.50. The Balaban J connectivity index is 1.13.